The van der Waals surface area contributed by atoms with Gasteiger partial charge in [0, 0.05) is 26.3 Å². The maximum atomic E-state index is 5.68. The molecule has 2 atom stereocenters. The SMILES string of the molecule is CCOC1CN(CCCN)CC1OCC. The van der Waals surface area contributed by atoms with Gasteiger partial charge in [0.1, 0.15) is 0 Å². The number of nitrogens with two attached hydrogens (primary N) is 1. The van der Waals surface area contributed by atoms with Gasteiger partial charge in [-0.25, -0.2) is 0 Å². The van der Waals surface area contributed by atoms with Gasteiger partial charge in [0.05, 0.1) is 12.2 Å². The smallest absolute Gasteiger partial charge is 0.0975 e. The molecule has 4 nitrogen and oxygen atoms in total. The molecule has 0 amide bonds. The Hall–Kier alpha value is -0.160. The molecule has 2 unspecified atom stereocenters. The molecule has 1 rings (SSSR count). The Balaban J connectivity index is 2.34. The quantitative estimate of drug-likeness (QED) is 0.671. The van der Waals surface area contributed by atoms with Gasteiger partial charge in [0.2, 0.25) is 0 Å². The Labute approximate surface area is 92.7 Å². The lowest BCUT2D eigenvalue weighted by atomic mass is 10.2. The van der Waals surface area contributed by atoms with Crippen molar-refractivity contribution in [2.75, 3.05) is 39.4 Å². The monoisotopic (exact) mass is 216 g/mol. The summed E-state index contributed by atoms with van der Waals surface area (Å²) < 4.78 is 11.4. The van der Waals surface area contributed by atoms with Crippen LogP contribution in [0.3, 0.4) is 0 Å². The first-order chi connectivity index (χ1) is 7.31. The highest BCUT2D eigenvalue weighted by Gasteiger charge is 2.33. The second-order valence-electron chi connectivity index (χ2n) is 3.89. The molecule has 0 saturated carbocycles. The first-order valence-electron chi connectivity index (χ1n) is 5.97. The molecule has 0 aromatic rings. The van der Waals surface area contributed by atoms with Crippen molar-refractivity contribution in [3.63, 3.8) is 0 Å². The van der Waals surface area contributed by atoms with E-state index < -0.39 is 0 Å². The van der Waals surface area contributed by atoms with Crippen molar-refractivity contribution < 1.29 is 9.47 Å². The van der Waals surface area contributed by atoms with E-state index in [0.29, 0.717) is 0 Å². The van der Waals surface area contributed by atoms with Gasteiger partial charge in [-0.1, -0.05) is 0 Å². The average Bonchev–Trinajstić information content (AvgIpc) is 2.59. The van der Waals surface area contributed by atoms with Gasteiger partial charge in [0.15, 0.2) is 0 Å². The topological polar surface area (TPSA) is 47.7 Å². The average molecular weight is 216 g/mol. The van der Waals surface area contributed by atoms with Gasteiger partial charge < -0.3 is 15.2 Å². The molecule has 2 N–H and O–H groups in total. The normalized spacial score (nSPS) is 27.4. The van der Waals surface area contributed by atoms with E-state index in [0.717, 1.165) is 45.8 Å². The molecule has 1 aliphatic rings. The third-order valence-electron chi connectivity index (χ3n) is 2.73. The van der Waals surface area contributed by atoms with Crippen LogP contribution in [0.1, 0.15) is 20.3 Å². The van der Waals surface area contributed by atoms with Crippen molar-refractivity contribution in [2.24, 2.45) is 5.73 Å². The minimum Gasteiger partial charge on any atom is -0.374 e. The van der Waals surface area contributed by atoms with Crippen molar-refractivity contribution in [1.29, 1.82) is 0 Å². The highest BCUT2D eigenvalue weighted by Crippen LogP contribution is 2.16. The zero-order valence-electron chi connectivity index (χ0n) is 9.95. The van der Waals surface area contributed by atoms with Crippen LogP contribution >= 0.6 is 0 Å². The first kappa shape index (κ1) is 12.9. The lowest BCUT2D eigenvalue weighted by molar-refractivity contribution is -0.0388. The molecule has 0 aliphatic carbocycles. The van der Waals surface area contributed by atoms with E-state index >= 15 is 0 Å². The van der Waals surface area contributed by atoms with Gasteiger partial charge in [-0.2, -0.15) is 0 Å². The lowest BCUT2D eigenvalue weighted by Crippen LogP contribution is -2.29. The van der Waals surface area contributed by atoms with E-state index in [1.165, 1.54) is 0 Å². The number of nitrogens with zero attached hydrogens (tertiary/aromatic N) is 1. The molecule has 15 heavy (non-hydrogen) atoms. The Bertz CT molecular complexity index is 153. The number of likely N-dealkylation sites (tertiary alicyclic amines) is 1. The molecular formula is C11H24N2O2. The standard InChI is InChI=1S/C11H24N2O2/c1-3-14-10-8-13(7-5-6-12)9-11(10)15-4-2/h10-11H,3-9,12H2,1-2H3. The van der Waals surface area contributed by atoms with Crippen LogP contribution < -0.4 is 5.73 Å². The molecule has 1 saturated heterocycles. The summed E-state index contributed by atoms with van der Waals surface area (Å²) in [6.45, 7) is 9.38. The summed E-state index contributed by atoms with van der Waals surface area (Å²) in [6.07, 6.45) is 1.54. The van der Waals surface area contributed by atoms with Crippen molar-refractivity contribution in [2.45, 2.75) is 32.5 Å². The maximum absolute atomic E-state index is 5.68. The molecule has 0 spiro atoms. The van der Waals surface area contributed by atoms with Gasteiger partial charge in [-0.3, -0.25) is 4.90 Å². The molecule has 4 heteroatoms. The van der Waals surface area contributed by atoms with Crippen LogP contribution in [-0.2, 0) is 9.47 Å². The van der Waals surface area contributed by atoms with E-state index in [4.69, 9.17) is 15.2 Å². The molecule has 90 valence electrons. The summed E-state index contributed by atoms with van der Waals surface area (Å²) in [7, 11) is 0. The van der Waals surface area contributed by atoms with Crippen LogP contribution in [0.25, 0.3) is 0 Å². The number of rotatable bonds is 7. The fourth-order valence-corrected chi connectivity index (χ4v) is 2.06. The highest BCUT2D eigenvalue weighted by molar-refractivity contribution is 4.86. The van der Waals surface area contributed by atoms with Crippen LogP contribution in [-0.4, -0.2) is 56.5 Å². The predicted octanol–water partition coefficient (Wildman–Crippen LogP) is 0.461. The summed E-state index contributed by atoms with van der Waals surface area (Å²) in [5.41, 5.74) is 5.50. The Kier molecular flexibility index (Phi) is 6.17. The van der Waals surface area contributed by atoms with Gasteiger partial charge in [0.25, 0.3) is 0 Å². The fourth-order valence-electron chi connectivity index (χ4n) is 2.06. The van der Waals surface area contributed by atoms with Crippen LogP contribution in [0, 0.1) is 0 Å². The minimum absolute atomic E-state index is 0.243. The molecule has 1 fully saturated rings. The van der Waals surface area contributed by atoms with Crippen molar-refractivity contribution in [3.8, 4) is 0 Å². The fraction of sp³-hybridized carbons (Fsp3) is 1.00. The second-order valence-corrected chi connectivity index (χ2v) is 3.89. The summed E-state index contributed by atoms with van der Waals surface area (Å²) in [4.78, 5) is 2.38. The zero-order valence-corrected chi connectivity index (χ0v) is 9.95. The molecule has 0 bridgehead atoms. The van der Waals surface area contributed by atoms with Gasteiger partial charge in [-0.05, 0) is 33.4 Å². The molecule has 0 aromatic heterocycles. The summed E-state index contributed by atoms with van der Waals surface area (Å²) >= 11 is 0. The first-order valence-corrected chi connectivity index (χ1v) is 5.97. The summed E-state index contributed by atoms with van der Waals surface area (Å²) in [5.74, 6) is 0. The van der Waals surface area contributed by atoms with E-state index in [1.807, 2.05) is 13.8 Å². The van der Waals surface area contributed by atoms with Gasteiger partial charge >= 0.3 is 0 Å². The highest BCUT2D eigenvalue weighted by atomic mass is 16.5. The van der Waals surface area contributed by atoms with Crippen LogP contribution in [0.2, 0.25) is 0 Å². The minimum atomic E-state index is 0.243. The van der Waals surface area contributed by atoms with Crippen LogP contribution in [0.5, 0.6) is 0 Å². The maximum Gasteiger partial charge on any atom is 0.0975 e. The molecule has 0 radical (unpaired) electrons. The Morgan fingerprint density at radius 2 is 1.67 bits per heavy atom. The molecular weight excluding hydrogens is 192 g/mol. The zero-order chi connectivity index (χ0) is 11.1. The Morgan fingerprint density at radius 1 is 1.13 bits per heavy atom. The van der Waals surface area contributed by atoms with Crippen molar-refractivity contribution in [3.05, 3.63) is 0 Å². The van der Waals surface area contributed by atoms with Crippen LogP contribution in [0.15, 0.2) is 0 Å². The largest absolute Gasteiger partial charge is 0.374 e. The van der Waals surface area contributed by atoms with Crippen molar-refractivity contribution >= 4 is 0 Å². The third-order valence-corrected chi connectivity index (χ3v) is 2.73. The summed E-state index contributed by atoms with van der Waals surface area (Å²) in [6, 6.07) is 0. The Morgan fingerprint density at radius 3 is 2.07 bits per heavy atom. The number of ether oxygens (including phenoxy) is 2. The summed E-state index contributed by atoms with van der Waals surface area (Å²) in [5, 5.41) is 0. The van der Waals surface area contributed by atoms with E-state index in [2.05, 4.69) is 4.90 Å². The van der Waals surface area contributed by atoms with Crippen molar-refractivity contribution in [1.82, 2.24) is 4.90 Å². The van der Waals surface area contributed by atoms with E-state index in [-0.39, 0.29) is 12.2 Å². The van der Waals surface area contributed by atoms with Gasteiger partial charge in [-0.15, -0.1) is 0 Å². The number of hydrogen-bond acceptors (Lipinski definition) is 4. The molecule has 1 heterocycles. The van der Waals surface area contributed by atoms with E-state index in [1.54, 1.807) is 0 Å². The molecule has 1 aliphatic heterocycles. The van der Waals surface area contributed by atoms with Crippen LogP contribution in [0.4, 0.5) is 0 Å². The predicted molar refractivity (Wildman–Crippen MR) is 60.9 cm³/mol. The number of hydrogen-bond donors (Lipinski definition) is 1. The van der Waals surface area contributed by atoms with E-state index in [9.17, 15) is 0 Å². The lowest BCUT2D eigenvalue weighted by Gasteiger charge is -2.17. The molecule has 0 aromatic carbocycles. The third kappa shape index (κ3) is 4.07. The second kappa shape index (κ2) is 7.17.